The summed E-state index contributed by atoms with van der Waals surface area (Å²) in [4.78, 5) is 51.8. The van der Waals surface area contributed by atoms with E-state index in [2.05, 4.69) is 11.1 Å². The lowest BCUT2D eigenvalue weighted by Crippen LogP contribution is -2.47. The molecule has 0 fully saturated rings. The summed E-state index contributed by atoms with van der Waals surface area (Å²) in [5, 5.41) is 2.97. The highest BCUT2D eigenvalue weighted by molar-refractivity contribution is 6.39. The molecule has 2 aliphatic heterocycles. The Labute approximate surface area is 152 Å². The lowest BCUT2D eigenvalue weighted by molar-refractivity contribution is -0.253. The van der Waals surface area contributed by atoms with Crippen molar-refractivity contribution in [1.29, 1.82) is 0 Å². The van der Waals surface area contributed by atoms with Crippen molar-refractivity contribution < 1.29 is 24.9 Å². The molecule has 2 aliphatic rings. The molecule has 0 saturated heterocycles. The zero-order valence-corrected chi connectivity index (χ0v) is 13.9. The zero-order valence-electron chi connectivity index (χ0n) is 13.9. The average Bonchev–Trinajstić information content (AvgIpc) is 2.66. The molecule has 3 aromatic carbocycles. The Balaban J connectivity index is 1.85. The number of para-hydroxylation sites is 1. The third-order valence-corrected chi connectivity index (χ3v) is 4.98. The summed E-state index contributed by atoms with van der Waals surface area (Å²) in [5.41, 5.74) is 5.94. The lowest BCUT2D eigenvalue weighted by Gasteiger charge is -2.29. The molecule has 0 radical (unpaired) electrons. The van der Waals surface area contributed by atoms with Gasteiger partial charge >= 0.3 is 0 Å². The Morgan fingerprint density at radius 1 is 0.667 bits per heavy atom. The molecule has 0 atom stereocenters. The highest BCUT2D eigenvalue weighted by Crippen LogP contribution is 2.38. The van der Waals surface area contributed by atoms with Gasteiger partial charge in [-0.1, -0.05) is 12.1 Å². The molecule has 130 valence electrons. The van der Waals surface area contributed by atoms with E-state index in [4.69, 9.17) is 0 Å². The molecule has 0 aliphatic carbocycles. The third-order valence-electron chi connectivity index (χ3n) is 4.98. The fraction of sp³-hybridized carbons (Fsp3) is 0. The largest absolute Gasteiger partial charge is 0.323 e. The van der Waals surface area contributed by atoms with Crippen LogP contribution in [0, 0.1) is 0 Å². The predicted octanol–water partition coefficient (Wildman–Crippen LogP) is 1.40. The summed E-state index contributed by atoms with van der Waals surface area (Å²) in [6.07, 6.45) is 0. The summed E-state index contributed by atoms with van der Waals surface area (Å²) in [5.74, 6) is -2.10. The molecule has 0 aromatic heterocycles. The quantitative estimate of drug-likeness (QED) is 0.640. The van der Waals surface area contributed by atoms with Gasteiger partial charge in [0.1, 0.15) is 5.69 Å². The van der Waals surface area contributed by atoms with Crippen molar-refractivity contribution in [2.75, 3.05) is 4.90 Å². The Bertz CT molecular complexity index is 1180. The van der Waals surface area contributed by atoms with Crippen LogP contribution < -0.4 is 16.0 Å². The van der Waals surface area contributed by atoms with Crippen molar-refractivity contribution in [2.24, 2.45) is 0 Å². The van der Waals surface area contributed by atoms with Gasteiger partial charge in [-0.2, -0.15) is 0 Å². The standard InChI is InChI=1S/C20H11N3O4/c21-13-3-1-2-4-14(13)23-19(26)11-7-5-9-15-10(18(25)22-17(9)24)6-8-12(16(11)15)20(23)27/h1-8H,21H2,(H,22,24,25)/p+1. The average molecular weight is 358 g/mol. The van der Waals surface area contributed by atoms with Gasteiger partial charge in [0.25, 0.3) is 23.6 Å². The lowest BCUT2D eigenvalue weighted by atomic mass is 9.86. The van der Waals surface area contributed by atoms with E-state index in [-0.39, 0.29) is 22.3 Å². The number of hydrogen-bond acceptors (Lipinski definition) is 4. The number of amides is 4. The van der Waals surface area contributed by atoms with Crippen LogP contribution in [-0.4, -0.2) is 23.6 Å². The topological polar surface area (TPSA) is 111 Å². The molecule has 5 rings (SSSR count). The molecular formula is C20H12N3O4+. The van der Waals surface area contributed by atoms with Crippen LogP contribution in [-0.2, 0) is 0 Å². The van der Waals surface area contributed by atoms with Crippen molar-refractivity contribution in [3.63, 3.8) is 0 Å². The van der Waals surface area contributed by atoms with E-state index >= 15 is 0 Å². The number of hydrogen-bond donors (Lipinski definition) is 2. The molecule has 0 bridgehead atoms. The number of rotatable bonds is 1. The summed E-state index contributed by atoms with van der Waals surface area (Å²) in [7, 11) is 0. The fourth-order valence-corrected chi connectivity index (χ4v) is 3.75. The number of carbonyl (C=O) groups excluding carboxylic acids is 4. The van der Waals surface area contributed by atoms with E-state index in [9.17, 15) is 19.2 Å². The van der Waals surface area contributed by atoms with Gasteiger partial charge < -0.3 is 5.73 Å². The second kappa shape index (κ2) is 5.09. The van der Waals surface area contributed by atoms with Gasteiger partial charge in [0.05, 0.1) is 0 Å². The van der Waals surface area contributed by atoms with Gasteiger partial charge in [-0.25, -0.2) is 4.90 Å². The monoisotopic (exact) mass is 358 g/mol. The molecule has 3 aromatic rings. The first-order valence-electron chi connectivity index (χ1n) is 8.24. The number of carbonyl (C=O) groups is 4. The number of imide groups is 2. The molecule has 0 spiro atoms. The molecular weight excluding hydrogens is 346 g/mol. The van der Waals surface area contributed by atoms with Crippen molar-refractivity contribution in [1.82, 2.24) is 5.32 Å². The van der Waals surface area contributed by atoms with Crippen LogP contribution in [0.1, 0.15) is 41.4 Å². The Kier molecular flexibility index (Phi) is 2.91. The second-order valence-electron chi connectivity index (χ2n) is 6.43. The number of anilines is 1. The number of nitrogens with one attached hydrogen (secondary N) is 1. The minimum Gasteiger partial charge on any atom is -0.323 e. The van der Waals surface area contributed by atoms with E-state index in [0.29, 0.717) is 22.1 Å². The second-order valence-corrected chi connectivity index (χ2v) is 6.43. The maximum absolute atomic E-state index is 13.2. The van der Waals surface area contributed by atoms with Crippen molar-refractivity contribution in [3.05, 3.63) is 70.8 Å². The maximum Gasteiger partial charge on any atom is 0.266 e. The highest BCUT2D eigenvalue weighted by atomic mass is 16.2. The number of quaternary nitrogens is 1. The predicted molar refractivity (Wildman–Crippen MR) is 95.9 cm³/mol. The SMILES string of the molecule is [NH3+]c1ccccc1N1C(=O)c2ccc3c4c(ccc(c24)C1=O)C(=O)NC3=O. The van der Waals surface area contributed by atoms with Crippen LogP contribution in [0.5, 0.6) is 0 Å². The van der Waals surface area contributed by atoms with Gasteiger partial charge in [-0.15, -0.1) is 0 Å². The van der Waals surface area contributed by atoms with Crippen molar-refractivity contribution >= 4 is 45.8 Å². The normalized spacial score (nSPS) is 15.4. The Hall–Kier alpha value is -3.84. The molecule has 7 heteroatoms. The zero-order chi connectivity index (χ0) is 18.9. The van der Waals surface area contributed by atoms with Gasteiger partial charge in [-0.05, 0) is 30.3 Å². The summed E-state index contributed by atoms with van der Waals surface area (Å²) >= 11 is 0. The summed E-state index contributed by atoms with van der Waals surface area (Å²) < 4.78 is 0. The minimum atomic E-state index is -0.540. The maximum atomic E-state index is 13.2. The van der Waals surface area contributed by atoms with E-state index in [1.165, 1.54) is 24.3 Å². The van der Waals surface area contributed by atoms with E-state index < -0.39 is 23.6 Å². The smallest absolute Gasteiger partial charge is 0.266 e. The molecule has 2 heterocycles. The van der Waals surface area contributed by atoms with Crippen LogP contribution in [0.2, 0.25) is 0 Å². The molecule has 4 N–H and O–H groups in total. The first-order chi connectivity index (χ1) is 13.0. The van der Waals surface area contributed by atoms with E-state index in [1.54, 1.807) is 24.3 Å². The fourth-order valence-electron chi connectivity index (χ4n) is 3.75. The first kappa shape index (κ1) is 15.4. The van der Waals surface area contributed by atoms with Gasteiger partial charge in [-0.3, -0.25) is 24.5 Å². The van der Waals surface area contributed by atoms with Crippen LogP contribution in [0.15, 0.2) is 48.5 Å². The van der Waals surface area contributed by atoms with Gasteiger partial charge in [0.15, 0.2) is 5.69 Å². The Morgan fingerprint density at radius 3 is 1.70 bits per heavy atom. The van der Waals surface area contributed by atoms with Crippen LogP contribution >= 0.6 is 0 Å². The molecule has 4 amide bonds. The van der Waals surface area contributed by atoms with Gasteiger partial charge in [0.2, 0.25) is 0 Å². The highest BCUT2D eigenvalue weighted by Gasteiger charge is 2.38. The van der Waals surface area contributed by atoms with E-state index in [0.717, 1.165) is 4.90 Å². The van der Waals surface area contributed by atoms with Gasteiger partial charge in [0, 0.05) is 39.1 Å². The van der Waals surface area contributed by atoms with Crippen molar-refractivity contribution in [3.8, 4) is 0 Å². The molecule has 0 saturated carbocycles. The molecule has 7 nitrogen and oxygen atoms in total. The summed E-state index contributed by atoms with van der Waals surface area (Å²) in [6, 6.07) is 12.9. The van der Waals surface area contributed by atoms with Crippen molar-refractivity contribution in [2.45, 2.75) is 0 Å². The third kappa shape index (κ3) is 1.88. The number of benzene rings is 3. The minimum absolute atomic E-state index is 0.274. The molecule has 0 unspecified atom stereocenters. The molecule has 27 heavy (non-hydrogen) atoms. The van der Waals surface area contributed by atoms with Crippen LogP contribution in [0.3, 0.4) is 0 Å². The Morgan fingerprint density at radius 2 is 1.15 bits per heavy atom. The van der Waals surface area contributed by atoms with E-state index in [1.807, 2.05) is 0 Å². The van der Waals surface area contributed by atoms with Crippen LogP contribution in [0.4, 0.5) is 11.4 Å². The number of nitrogens with zero attached hydrogens (tertiary/aromatic N) is 1. The summed E-state index contributed by atoms with van der Waals surface area (Å²) in [6.45, 7) is 0. The van der Waals surface area contributed by atoms with Crippen LogP contribution in [0.25, 0.3) is 10.8 Å². The first-order valence-corrected chi connectivity index (χ1v) is 8.24.